The molecule has 0 spiro atoms. The fourth-order valence-electron chi connectivity index (χ4n) is 2.19. The number of hydrogen-bond acceptors (Lipinski definition) is 3. The van der Waals surface area contributed by atoms with Gasteiger partial charge in [0.25, 0.3) is 0 Å². The van der Waals surface area contributed by atoms with Gasteiger partial charge in [0, 0.05) is 37.2 Å². The molecule has 0 amide bonds. The Morgan fingerprint density at radius 2 is 2.11 bits per heavy atom. The van der Waals surface area contributed by atoms with Crippen LogP contribution in [0.2, 0.25) is 0 Å². The monoisotopic (exact) mass is 258 g/mol. The molecular weight excluding hydrogens is 236 g/mol. The molecule has 0 saturated carbocycles. The van der Waals surface area contributed by atoms with Crippen molar-refractivity contribution in [3.63, 3.8) is 0 Å². The van der Waals surface area contributed by atoms with Crippen LogP contribution in [0.25, 0.3) is 0 Å². The summed E-state index contributed by atoms with van der Waals surface area (Å²) in [5.41, 5.74) is 2.60. The molecule has 0 fully saturated rings. The van der Waals surface area contributed by atoms with Crippen LogP contribution in [0.4, 0.5) is 0 Å². The van der Waals surface area contributed by atoms with E-state index in [4.69, 9.17) is 0 Å². The Bertz CT molecular complexity index is 478. The van der Waals surface area contributed by atoms with Crippen molar-refractivity contribution >= 4 is 0 Å². The van der Waals surface area contributed by atoms with Crippen LogP contribution in [0.3, 0.4) is 0 Å². The highest BCUT2D eigenvalue weighted by Gasteiger charge is 2.12. The molecule has 0 aliphatic carbocycles. The van der Waals surface area contributed by atoms with E-state index >= 15 is 0 Å². The molecule has 0 radical (unpaired) electrons. The summed E-state index contributed by atoms with van der Waals surface area (Å²) in [7, 11) is 1.96. The topological polar surface area (TPSA) is 42.7 Å². The minimum atomic E-state index is 0.377. The molecule has 1 N–H and O–H groups in total. The molecule has 4 nitrogen and oxygen atoms in total. The van der Waals surface area contributed by atoms with E-state index in [1.54, 1.807) is 0 Å². The standard InChI is InChI=1S/C15H22N4/c1-3-8-17-15(14-11-18-19(2)12-14)5-4-13-6-9-16-10-7-13/h6-7,9-12,15,17H,3-5,8H2,1-2H3. The number of pyridine rings is 1. The second-order valence-corrected chi connectivity index (χ2v) is 4.85. The summed E-state index contributed by atoms with van der Waals surface area (Å²) < 4.78 is 1.86. The first-order valence-electron chi connectivity index (χ1n) is 6.90. The lowest BCUT2D eigenvalue weighted by Crippen LogP contribution is -2.22. The van der Waals surface area contributed by atoms with Crippen LogP contribution in [-0.2, 0) is 13.5 Å². The van der Waals surface area contributed by atoms with Gasteiger partial charge in [0.15, 0.2) is 0 Å². The predicted octanol–water partition coefficient (Wildman–Crippen LogP) is 2.49. The quantitative estimate of drug-likeness (QED) is 0.829. The van der Waals surface area contributed by atoms with Gasteiger partial charge in [0.2, 0.25) is 0 Å². The number of hydrogen-bond donors (Lipinski definition) is 1. The van der Waals surface area contributed by atoms with Gasteiger partial charge in [0.1, 0.15) is 0 Å². The van der Waals surface area contributed by atoms with E-state index in [2.05, 4.69) is 40.7 Å². The lowest BCUT2D eigenvalue weighted by molar-refractivity contribution is 0.499. The first-order chi connectivity index (χ1) is 9.29. The zero-order chi connectivity index (χ0) is 13.5. The average molecular weight is 258 g/mol. The Balaban J connectivity index is 1.98. The van der Waals surface area contributed by atoms with Crippen molar-refractivity contribution in [3.8, 4) is 0 Å². The summed E-state index contributed by atoms with van der Waals surface area (Å²) >= 11 is 0. The molecule has 0 aromatic carbocycles. The van der Waals surface area contributed by atoms with Crippen LogP contribution < -0.4 is 5.32 Å². The highest BCUT2D eigenvalue weighted by Crippen LogP contribution is 2.18. The van der Waals surface area contributed by atoms with Crippen molar-refractivity contribution in [1.29, 1.82) is 0 Å². The normalized spacial score (nSPS) is 12.5. The van der Waals surface area contributed by atoms with Crippen LogP contribution in [0, 0.1) is 0 Å². The van der Waals surface area contributed by atoms with Crippen LogP contribution in [0.15, 0.2) is 36.9 Å². The van der Waals surface area contributed by atoms with E-state index in [1.807, 2.05) is 30.3 Å². The van der Waals surface area contributed by atoms with Gasteiger partial charge >= 0.3 is 0 Å². The zero-order valence-corrected chi connectivity index (χ0v) is 11.7. The molecule has 19 heavy (non-hydrogen) atoms. The third kappa shape index (κ3) is 4.17. The molecule has 2 heterocycles. The Kier molecular flexibility index (Phi) is 5.10. The molecule has 1 atom stereocenters. The molecular formula is C15H22N4. The third-order valence-corrected chi connectivity index (χ3v) is 3.24. The van der Waals surface area contributed by atoms with Gasteiger partial charge in [0.05, 0.1) is 6.20 Å². The van der Waals surface area contributed by atoms with Crippen LogP contribution in [-0.4, -0.2) is 21.3 Å². The van der Waals surface area contributed by atoms with E-state index in [9.17, 15) is 0 Å². The van der Waals surface area contributed by atoms with E-state index in [1.165, 1.54) is 11.1 Å². The molecule has 2 aromatic heterocycles. The first kappa shape index (κ1) is 13.7. The van der Waals surface area contributed by atoms with Crippen molar-refractivity contribution in [2.75, 3.05) is 6.54 Å². The Hall–Kier alpha value is -1.68. The van der Waals surface area contributed by atoms with Crippen molar-refractivity contribution in [1.82, 2.24) is 20.1 Å². The van der Waals surface area contributed by atoms with Gasteiger partial charge in [-0.3, -0.25) is 9.67 Å². The number of nitrogens with zero attached hydrogens (tertiary/aromatic N) is 3. The number of nitrogens with one attached hydrogen (secondary N) is 1. The van der Waals surface area contributed by atoms with E-state index in [0.29, 0.717) is 6.04 Å². The molecule has 2 rings (SSSR count). The highest BCUT2D eigenvalue weighted by atomic mass is 15.2. The predicted molar refractivity (Wildman–Crippen MR) is 76.8 cm³/mol. The maximum atomic E-state index is 4.27. The van der Waals surface area contributed by atoms with E-state index < -0.39 is 0 Å². The lowest BCUT2D eigenvalue weighted by Gasteiger charge is -2.17. The van der Waals surface area contributed by atoms with Gasteiger partial charge in [-0.25, -0.2) is 0 Å². The number of aromatic nitrogens is 3. The Morgan fingerprint density at radius 1 is 1.32 bits per heavy atom. The minimum absolute atomic E-state index is 0.377. The Labute approximate surface area is 114 Å². The van der Waals surface area contributed by atoms with Gasteiger partial charge in [-0.1, -0.05) is 6.92 Å². The number of rotatable bonds is 7. The molecule has 0 saturated heterocycles. The van der Waals surface area contributed by atoms with Gasteiger partial charge < -0.3 is 5.32 Å². The molecule has 1 unspecified atom stereocenters. The van der Waals surface area contributed by atoms with Crippen molar-refractivity contribution in [2.24, 2.45) is 7.05 Å². The van der Waals surface area contributed by atoms with Crippen LogP contribution in [0.5, 0.6) is 0 Å². The van der Waals surface area contributed by atoms with E-state index in [-0.39, 0.29) is 0 Å². The minimum Gasteiger partial charge on any atom is -0.310 e. The SMILES string of the molecule is CCCNC(CCc1ccncc1)c1cnn(C)c1. The van der Waals surface area contributed by atoms with Gasteiger partial charge in [-0.05, 0) is 43.5 Å². The van der Waals surface area contributed by atoms with Crippen LogP contribution >= 0.6 is 0 Å². The third-order valence-electron chi connectivity index (χ3n) is 3.24. The summed E-state index contributed by atoms with van der Waals surface area (Å²) in [5.74, 6) is 0. The molecule has 0 aliphatic heterocycles. The summed E-state index contributed by atoms with van der Waals surface area (Å²) in [6.07, 6.45) is 11.0. The zero-order valence-electron chi connectivity index (χ0n) is 11.7. The lowest BCUT2D eigenvalue weighted by atomic mass is 10.0. The average Bonchev–Trinajstić information content (AvgIpc) is 2.86. The molecule has 0 aliphatic rings. The van der Waals surface area contributed by atoms with Crippen molar-refractivity contribution < 1.29 is 0 Å². The second-order valence-electron chi connectivity index (χ2n) is 4.85. The maximum absolute atomic E-state index is 4.27. The second kappa shape index (κ2) is 7.04. The number of aryl methyl sites for hydroxylation is 2. The van der Waals surface area contributed by atoms with E-state index in [0.717, 1.165) is 25.8 Å². The largest absolute Gasteiger partial charge is 0.310 e. The molecule has 0 bridgehead atoms. The fraction of sp³-hybridized carbons (Fsp3) is 0.467. The van der Waals surface area contributed by atoms with Crippen LogP contribution in [0.1, 0.15) is 36.9 Å². The summed E-state index contributed by atoms with van der Waals surface area (Å²) in [5, 5.41) is 7.87. The summed E-state index contributed by atoms with van der Waals surface area (Å²) in [4.78, 5) is 4.05. The van der Waals surface area contributed by atoms with Gasteiger partial charge in [-0.2, -0.15) is 5.10 Å². The van der Waals surface area contributed by atoms with Crippen molar-refractivity contribution in [2.45, 2.75) is 32.2 Å². The maximum Gasteiger partial charge on any atom is 0.0537 e. The Morgan fingerprint density at radius 3 is 2.74 bits per heavy atom. The fourth-order valence-corrected chi connectivity index (χ4v) is 2.19. The first-order valence-corrected chi connectivity index (χ1v) is 6.90. The molecule has 2 aromatic rings. The summed E-state index contributed by atoms with van der Waals surface area (Å²) in [6.45, 7) is 3.23. The van der Waals surface area contributed by atoms with Gasteiger partial charge in [-0.15, -0.1) is 0 Å². The molecule has 102 valence electrons. The summed E-state index contributed by atoms with van der Waals surface area (Å²) in [6, 6.07) is 4.54. The smallest absolute Gasteiger partial charge is 0.0537 e. The molecule has 4 heteroatoms. The highest BCUT2D eigenvalue weighted by molar-refractivity contribution is 5.14. The van der Waals surface area contributed by atoms with Crippen molar-refractivity contribution in [3.05, 3.63) is 48.0 Å².